The van der Waals surface area contributed by atoms with Gasteiger partial charge in [0.05, 0.1) is 11.8 Å². The molecule has 1 aliphatic carbocycles. The first-order chi connectivity index (χ1) is 13.3. The Morgan fingerprint density at radius 3 is 2.32 bits per heavy atom. The molecule has 1 heterocycles. The third-order valence-corrected chi connectivity index (χ3v) is 5.55. The molecule has 1 N–H and O–H groups in total. The number of rotatable bonds is 6. The molecule has 0 radical (unpaired) electrons. The summed E-state index contributed by atoms with van der Waals surface area (Å²) in [6, 6.07) is 3.97. The third-order valence-electron chi connectivity index (χ3n) is 5.55. The Hall–Kier alpha value is -2.50. The zero-order valence-corrected chi connectivity index (χ0v) is 16.6. The Kier molecular flexibility index (Phi) is 5.96. The predicted octanol–water partition coefficient (Wildman–Crippen LogP) is 3.12. The molecular weight excluding hydrogens is 359 g/mol. The maximum atomic E-state index is 13.7. The van der Waals surface area contributed by atoms with Crippen LogP contribution in [0.5, 0.6) is 0 Å². The summed E-state index contributed by atoms with van der Waals surface area (Å²) in [7, 11) is 0. The number of hydrogen-bond acceptors (Lipinski definition) is 3. The highest BCUT2D eigenvalue weighted by atomic mass is 19.1. The number of halogens is 1. The standard InChI is InChI=1S/C22H27FN2O3/c1-13(2)10-19(20(26)24-12-15-9-8-14(3)18(23)11-15)25-21(27)16-6-4-5-7-17(16)22(25)28/h4-5,8-9,11,13,16-17,19H,6-7,10,12H2,1-3H3,(H,24,26). The van der Waals surface area contributed by atoms with Crippen LogP contribution in [0.15, 0.2) is 30.4 Å². The molecule has 1 aromatic carbocycles. The third kappa shape index (κ3) is 4.01. The molecule has 5 nitrogen and oxygen atoms in total. The number of hydrogen-bond donors (Lipinski definition) is 1. The molecule has 2 aliphatic rings. The van der Waals surface area contributed by atoms with Crippen LogP contribution in [-0.4, -0.2) is 28.7 Å². The fourth-order valence-corrected chi connectivity index (χ4v) is 3.96. The van der Waals surface area contributed by atoms with Gasteiger partial charge < -0.3 is 5.32 Å². The smallest absolute Gasteiger partial charge is 0.243 e. The zero-order valence-electron chi connectivity index (χ0n) is 16.6. The van der Waals surface area contributed by atoms with Crippen molar-refractivity contribution in [2.75, 3.05) is 0 Å². The van der Waals surface area contributed by atoms with Crippen LogP contribution in [0.1, 0.15) is 44.2 Å². The number of nitrogens with one attached hydrogen (secondary N) is 1. The molecule has 3 unspecified atom stereocenters. The molecule has 1 aliphatic heterocycles. The minimum absolute atomic E-state index is 0.133. The van der Waals surface area contributed by atoms with E-state index in [1.807, 2.05) is 26.0 Å². The van der Waals surface area contributed by atoms with Crippen LogP contribution in [0.25, 0.3) is 0 Å². The first-order valence-corrected chi connectivity index (χ1v) is 9.84. The summed E-state index contributed by atoms with van der Waals surface area (Å²) >= 11 is 0. The number of aryl methyl sites for hydroxylation is 1. The lowest BCUT2D eigenvalue weighted by Gasteiger charge is -2.27. The van der Waals surface area contributed by atoms with E-state index in [1.165, 1.54) is 11.0 Å². The van der Waals surface area contributed by atoms with E-state index in [9.17, 15) is 18.8 Å². The Labute approximate surface area is 165 Å². The summed E-state index contributed by atoms with van der Waals surface area (Å²) in [4.78, 5) is 39.9. The Balaban J connectivity index is 1.75. The summed E-state index contributed by atoms with van der Waals surface area (Å²) in [6.07, 6.45) is 5.35. The first kappa shape index (κ1) is 20.2. The van der Waals surface area contributed by atoms with Gasteiger partial charge in [-0.3, -0.25) is 19.3 Å². The molecular formula is C22H27FN2O3. The lowest BCUT2D eigenvalue weighted by molar-refractivity contribution is -0.148. The molecule has 3 rings (SSSR count). The molecule has 1 fully saturated rings. The topological polar surface area (TPSA) is 66.5 Å². The highest BCUT2D eigenvalue weighted by molar-refractivity contribution is 6.08. The van der Waals surface area contributed by atoms with Crippen LogP contribution >= 0.6 is 0 Å². The van der Waals surface area contributed by atoms with Gasteiger partial charge in [-0.1, -0.05) is 38.1 Å². The summed E-state index contributed by atoms with van der Waals surface area (Å²) in [5, 5.41) is 2.78. The number of amides is 3. The Morgan fingerprint density at radius 2 is 1.79 bits per heavy atom. The van der Waals surface area contributed by atoms with Crippen LogP contribution < -0.4 is 5.32 Å². The van der Waals surface area contributed by atoms with E-state index in [2.05, 4.69) is 5.32 Å². The van der Waals surface area contributed by atoms with Gasteiger partial charge in [0.1, 0.15) is 11.9 Å². The quantitative estimate of drug-likeness (QED) is 0.603. The van der Waals surface area contributed by atoms with Crippen LogP contribution in [0.2, 0.25) is 0 Å². The molecule has 1 aromatic rings. The van der Waals surface area contributed by atoms with E-state index in [0.717, 1.165) is 0 Å². The monoisotopic (exact) mass is 386 g/mol. The van der Waals surface area contributed by atoms with E-state index in [1.54, 1.807) is 19.1 Å². The second-order valence-electron chi connectivity index (χ2n) is 8.15. The van der Waals surface area contributed by atoms with Gasteiger partial charge in [-0.05, 0) is 49.3 Å². The predicted molar refractivity (Wildman–Crippen MR) is 103 cm³/mol. The Morgan fingerprint density at radius 1 is 1.18 bits per heavy atom. The first-order valence-electron chi connectivity index (χ1n) is 9.84. The minimum atomic E-state index is -0.833. The van der Waals surface area contributed by atoms with Crippen molar-refractivity contribution in [1.82, 2.24) is 10.2 Å². The number of allylic oxidation sites excluding steroid dienone is 2. The molecule has 0 saturated carbocycles. The summed E-state index contributed by atoms with van der Waals surface area (Å²) in [5.41, 5.74) is 1.17. The molecule has 0 aromatic heterocycles. The maximum Gasteiger partial charge on any atom is 0.243 e. The van der Waals surface area contributed by atoms with Crippen LogP contribution in [0.4, 0.5) is 4.39 Å². The van der Waals surface area contributed by atoms with Crippen molar-refractivity contribution < 1.29 is 18.8 Å². The summed E-state index contributed by atoms with van der Waals surface area (Å²) < 4.78 is 13.7. The van der Waals surface area contributed by atoms with E-state index < -0.39 is 6.04 Å². The molecule has 3 atom stereocenters. The fourth-order valence-electron chi connectivity index (χ4n) is 3.96. The lowest BCUT2D eigenvalue weighted by atomic mass is 9.85. The number of imide groups is 1. The number of nitrogens with zero attached hydrogens (tertiary/aromatic N) is 1. The molecule has 6 heteroatoms. The van der Waals surface area contributed by atoms with Gasteiger partial charge in [-0.15, -0.1) is 0 Å². The van der Waals surface area contributed by atoms with Crippen molar-refractivity contribution >= 4 is 17.7 Å². The van der Waals surface area contributed by atoms with Crippen LogP contribution in [0, 0.1) is 30.5 Å². The van der Waals surface area contributed by atoms with Gasteiger partial charge in [0.2, 0.25) is 17.7 Å². The van der Waals surface area contributed by atoms with E-state index in [0.29, 0.717) is 30.4 Å². The van der Waals surface area contributed by atoms with E-state index in [-0.39, 0.29) is 47.8 Å². The normalized spacial score (nSPS) is 22.5. The van der Waals surface area contributed by atoms with Crippen LogP contribution in [-0.2, 0) is 20.9 Å². The SMILES string of the molecule is Cc1ccc(CNC(=O)C(CC(C)C)N2C(=O)C3CC=CCC3C2=O)cc1F. The highest BCUT2D eigenvalue weighted by Gasteiger charge is 2.51. The second kappa shape index (κ2) is 8.25. The van der Waals surface area contributed by atoms with Crippen molar-refractivity contribution in [3.63, 3.8) is 0 Å². The molecule has 3 amide bonds. The molecule has 0 spiro atoms. The average molecular weight is 386 g/mol. The number of carbonyl (C=O) groups excluding carboxylic acids is 3. The van der Waals surface area contributed by atoms with Gasteiger partial charge in [0, 0.05) is 6.54 Å². The highest BCUT2D eigenvalue weighted by Crippen LogP contribution is 2.37. The van der Waals surface area contributed by atoms with Crippen molar-refractivity contribution in [3.05, 3.63) is 47.3 Å². The minimum Gasteiger partial charge on any atom is -0.350 e. The van der Waals surface area contributed by atoms with Gasteiger partial charge in [-0.2, -0.15) is 0 Å². The molecule has 150 valence electrons. The zero-order chi connectivity index (χ0) is 20.4. The number of likely N-dealkylation sites (tertiary alicyclic amines) is 1. The van der Waals surface area contributed by atoms with Gasteiger partial charge in [0.25, 0.3) is 0 Å². The molecule has 0 bridgehead atoms. The van der Waals surface area contributed by atoms with Crippen molar-refractivity contribution in [2.24, 2.45) is 17.8 Å². The molecule has 28 heavy (non-hydrogen) atoms. The average Bonchev–Trinajstić information content (AvgIpc) is 2.91. The fraction of sp³-hybridized carbons (Fsp3) is 0.500. The van der Waals surface area contributed by atoms with Gasteiger partial charge >= 0.3 is 0 Å². The number of carbonyl (C=O) groups is 3. The number of benzene rings is 1. The Bertz CT molecular complexity index is 792. The van der Waals surface area contributed by atoms with Crippen molar-refractivity contribution in [2.45, 2.75) is 52.6 Å². The molecule has 1 saturated heterocycles. The van der Waals surface area contributed by atoms with E-state index in [4.69, 9.17) is 0 Å². The maximum absolute atomic E-state index is 13.7. The van der Waals surface area contributed by atoms with Gasteiger partial charge in [-0.25, -0.2) is 4.39 Å². The van der Waals surface area contributed by atoms with Crippen LogP contribution in [0.3, 0.4) is 0 Å². The summed E-state index contributed by atoms with van der Waals surface area (Å²) in [5.74, 6) is -1.77. The van der Waals surface area contributed by atoms with Gasteiger partial charge in [0.15, 0.2) is 0 Å². The van der Waals surface area contributed by atoms with Crippen molar-refractivity contribution in [1.29, 1.82) is 0 Å². The second-order valence-corrected chi connectivity index (χ2v) is 8.15. The largest absolute Gasteiger partial charge is 0.350 e. The summed E-state index contributed by atoms with van der Waals surface area (Å²) in [6.45, 7) is 5.73. The van der Waals surface area contributed by atoms with Crippen molar-refractivity contribution in [3.8, 4) is 0 Å². The number of fused-ring (bicyclic) bond motifs is 1. The van der Waals surface area contributed by atoms with E-state index >= 15 is 0 Å². The lowest BCUT2D eigenvalue weighted by Crippen LogP contribution is -2.50.